The van der Waals surface area contributed by atoms with E-state index in [1.54, 1.807) is 67.6 Å². The summed E-state index contributed by atoms with van der Waals surface area (Å²) in [6.07, 6.45) is 0.332. The van der Waals surface area contributed by atoms with Crippen LogP contribution in [0.1, 0.15) is 24.5 Å². The minimum atomic E-state index is -4.11. The Morgan fingerprint density at radius 3 is 2.19 bits per heavy atom. The molecule has 0 aliphatic carbocycles. The van der Waals surface area contributed by atoms with E-state index in [0.29, 0.717) is 22.7 Å². The van der Waals surface area contributed by atoms with Gasteiger partial charge in [0.1, 0.15) is 12.6 Å². The largest absolute Gasteiger partial charge is 0.357 e. The number of carbonyl (C=O) groups is 2. The summed E-state index contributed by atoms with van der Waals surface area (Å²) in [7, 11) is -2.61. The van der Waals surface area contributed by atoms with Crippen molar-refractivity contribution in [2.24, 2.45) is 0 Å². The number of likely N-dealkylation sites (N-methyl/N-ethyl adjacent to an activating group) is 1. The maximum atomic E-state index is 13.8. The Kier molecular flexibility index (Phi) is 9.75. The van der Waals surface area contributed by atoms with E-state index in [1.807, 2.05) is 6.92 Å². The molecule has 1 unspecified atom stereocenters. The van der Waals surface area contributed by atoms with Crippen LogP contribution in [0.25, 0.3) is 0 Å². The Morgan fingerprint density at radius 1 is 1.00 bits per heavy atom. The summed E-state index contributed by atoms with van der Waals surface area (Å²) in [6, 6.07) is 19.3. The minimum absolute atomic E-state index is 0.0448. The second kappa shape index (κ2) is 12.6. The predicted octanol–water partition coefficient (Wildman–Crippen LogP) is 5.16. The highest BCUT2D eigenvalue weighted by Crippen LogP contribution is 2.27. The third-order valence-corrected chi connectivity index (χ3v) is 8.62. The molecule has 0 aliphatic heterocycles. The summed E-state index contributed by atoms with van der Waals surface area (Å²) in [4.78, 5) is 28.0. The number of carbonyl (C=O) groups excluding carboxylic acids is 2. The Bertz CT molecular complexity index is 1350. The first-order chi connectivity index (χ1) is 17.6. The number of benzene rings is 3. The van der Waals surface area contributed by atoms with Crippen LogP contribution in [-0.2, 0) is 26.2 Å². The summed E-state index contributed by atoms with van der Waals surface area (Å²) < 4.78 is 29.4. The van der Waals surface area contributed by atoms with Gasteiger partial charge in [0.05, 0.1) is 10.6 Å². The molecule has 0 bridgehead atoms. The van der Waals surface area contributed by atoms with E-state index in [1.165, 1.54) is 24.1 Å². The molecule has 1 atom stereocenters. The molecule has 0 heterocycles. The van der Waals surface area contributed by atoms with Gasteiger partial charge in [-0.15, -0.1) is 0 Å². The van der Waals surface area contributed by atoms with Gasteiger partial charge in [0.15, 0.2) is 0 Å². The topological polar surface area (TPSA) is 86.8 Å². The molecule has 0 radical (unpaired) electrons. The second-order valence-electron chi connectivity index (χ2n) is 8.45. The van der Waals surface area contributed by atoms with Crippen LogP contribution in [0, 0.1) is 6.92 Å². The summed E-state index contributed by atoms with van der Waals surface area (Å²) in [6.45, 7) is 3.20. The molecule has 3 aromatic carbocycles. The number of hydrogen-bond acceptors (Lipinski definition) is 4. The summed E-state index contributed by atoms with van der Waals surface area (Å²) >= 11 is 9.73. The molecule has 2 amide bonds. The molecule has 3 aromatic rings. The normalized spacial score (nSPS) is 12.0. The fourth-order valence-electron chi connectivity index (χ4n) is 3.87. The minimum Gasteiger partial charge on any atom is -0.357 e. The molecule has 37 heavy (non-hydrogen) atoms. The molecule has 10 heteroatoms. The van der Waals surface area contributed by atoms with Crippen LogP contribution in [0.3, 0.4) is 0 Å². The van der Waals surface area contributed by atoms with Gasteiger partial charge in [-0.3, -0.25) is 13.9 Å². The van der Waals surface area contributed by atoms with Crippen LogP contribution in [0.4, 0.5) is 5.69 Å². The van der Waals surface area contributed by atoms with Gasteiger partial charge in [-0.2, -0.15) is 0 Å². The summed E-state index contributed by atoms with van der Waals surface area (Å²) in [5.41, 5.74) is 1.88. The standard InChI is InChI=1S/C27H29BrClN3O4S/c1-4-25(27(34)30-3)31(17-20-7-5-6-8-24(20)29)26(33)18-32(22-13-11-21(28)12-14-22)37(35,36)23-15-9-19(2)10-16-23/h5-16,25H,4,17-18H2,1-3H3,(H,30,34). The van der Waals surface area contributed by atoms with Crippen molar-refractivity contribution in [3.05, 3.63) is 93.4 Å². The number of rotatable bonds is 10. The van der Waals surface area contributed by atoms with Crippen LogP contribution in [0.5, 0.6) is 0 Å². The van der Waals surface area contributed by atoms with E-state index in [-0.39, 0.29) is 17.3 Å². The Balaban J connectivity index is 2.06. The number of aryl methyl sites for hydroxylation is 1. The highest BCUT2D eigenvalue weighted by Gasteiger charge is 2.33. The lowest BCUT2D eigenvalue weighted by Gasteiger charge is -2.33. The van der Waals surface area contributed by atoms with Crippen molar-refractivity contribution in [1.29, 1.82) is 0 Å². The second-order valence-corrected chi connectivity index (χ2v) is 11.6. The van der Waals surface area contributed by atoms with Crippen molar-refractivity contribution in [2.45, 2.75) is 37.8 Å². The number of sulfonamides is 1. The number of nitrogens with one attached hydrogen (secondary N) is 1. The Morgan fingerprint density at radius 2 is 1.62 bits per heavy atom. The van der Waals surface area contributed by atoms with Crippen LogP contribution < -0.4 is 9.62 Å². The quantitative estimate of drug-likeness (QED) is 0.346. The molecule has 7 nitrogen and oxygen atoms in total. The zero-order valence-electron chi connectivity index (χ0n) is 20.8. The van der Waals surface area contributed by atoms with Crippen molar-refractivity contribution >= 4 is 55.1 Å². The summed E-state index contributed by atoms with van der Waals surface area (Å²) in [5.74, 6) is -0.881. The molecular formula is C27H29BrClN3O4S. The van der Waals surface area contributed by atoms with Crippen molar-refractivity contribution in [3.63, 3.8) is 0 Å². The van der Waals surface area contributed by atoms with Gasteiger partial charge in [0.25, 0.3) is 10.0 Å². The molecule has 0 saturated heterocycles. The first-order valence-corrected chi connectivity index (χ1v) is 14.3. The highest BCUT2D eigenvalue weighted by atomic mass is 79.9. The molecule has 0 aromatic heterocycles. The molecule has 3 rings (SSSR count). The molecule has 1 N–H and O–H groups in total. The first-order valence-electron chi connectivity index (χ1n) is 11.7. The molecular weight excluding hydrogens is 578 g/mol. The number of amides is 2. The van der Waals surface area contributed by atoms with E-state index < -0.39 is 28.5 Å². The number of anilines is 1. The van der Waals surface area contributed by atoms with Gasteiger partial charge in [-0.25, -0.2) is 8.42 Å². The molecule has 196 valence electrons. The lowest BCUT2D eigenvalue weighted by Crippen LogP contribution is -2.51. The fraction of sp³-hybridized carbons (Fsp3) is 0.259. The molecule has 0 fully saturated rings. The van der Waals surface area contributed by atoms with E-state index in [2.05, 4.69) is 21.2 Å². The zero-order valence-corrected chi connectivity index (χ0v) is 24.0. The van der Waals surface area contributed by atoms with Gasteiger partial charge in [0, 0.05) is 23.1 Å². The van der Waals surface area contributed by atoms with Crippen molar-refractivity contribution in [1.82, 2.24) is 10.2 Å². The zero-order chi connectivity index (χ0) is 27.2. The maximum Gasteiger partial charge on any atom is 0.264 e. The summed E-state index contributed by atoms with van der Waals surface area (Å²) in [5, 5.41) is 3.05. The average molecular weight is 607 g/mol. The number of halogens is 2. The van der Waals surface area contributed by atoms with Crippen molar-refractivity contribution in [2.75, 3.05) is 17.9 Å². The third kappa shape index (κ3) is 6.91. The van der Waals surface area contributed by atoms with E-state index in [0.717, 1.165) is 14.3 Å². The first kappa shape index (κ1) is 28.7. The van der Waals surface area contributed by atoms with Crippen LogP contribution in [0.2, 0.25) is 5.02 Å². The SMILES string of the molecule is CCC(C(=O)NC)N(Cc1ccccc1Cl)C(=O)CN(c1ccc(Br)cc1)S(=O)(=O)c1ccc(C)cc1. The highest BCUT2D eigenvalue weighted by molar-refractivity contribution is 9.10. The van der Waals surface area contributed by atoms with Crippen LogP contribution >= 0.6 is 27.5 Å². The van der Waals surface area contributed by atoms with Crippen molar-refractivity contribution < 1.29 is 18.0 Å². The fourth-order valence-corrected chi connectivity index (χ4v) is 5.74. The maximum absolute atomic E-state index is 13.8. The monoisotopic (exact) mass is 605 g/mol. The molecule has 0 aliphatic rings. The Hall–Kier alpha value is -2.88. The number of hydrogen-bond donors (Lipinski definition) is 1. The molecule has 0 spiro atoms. The molecule has 0 saturated carbocycles. The predicted molar refractivity (Wildman–Crippen MR) is 150 cm³/mol. The lowest BCUT2D eigenvalue weighted by molar-refractivity contribution is -0.140. The Labute approximate surface area is 231 Å². The van der Waals surface area contributed by atoms with Gasteiger partial charge < -0.3 is 10.2 Å². The van der Waals surface area contributed by atoms with Gasteiger partial charge >= 0.3 is 0 Å². The smallest absolute Gasteiger partial charge is 0.264 e. The van der Waals surface area contributed by atoms with Crippen LogP contribution in [-0.4, -0.2) is 44.8 Å². The van der Waals surface area contributed by atoms with Crippen LogP contribution in [0.15, 0.2) is 82.2 Å². The van der Waals surface area contributed by atoms with E-state index >= 15 is 0 Å². The van der Waals surface area contributed by atoms with Gasteiger partial charge in [0.2, 0.25) is 11.8 Å². The van der Waals surface area contributed by atoms with Gasteiger partial charge in [-0.05, 0) is 61.4 Å². The van der Waals surface area contributed by atoms with E-state index in [9.17, 15) is 18.0 Å². The van der Waals surface area contributed by atoms with Crippen molar-refractivity contribution in [3.8, 4) is 0 Å². The third-order valence-electron chi connectivity index (χ3n) is 5.93. The number of nitrogens with zero attached hydrogens (tertiary/aromatic N) is 2. The van der Waals surface area contributed by atoms with Gasteiger partial charge in [-0.1, -0.05) is 70.3 Å². The lowest BCUT2D eigenvalue weighted by atomic mass is 10.1. The average Bonchev–Trinajstić information content (AvgIpc) is 2.88. The van der Waals surface area contributed by atoms with E-state index in [4.69, 9.17) is 11.6 Å².